The van der Waals surface area contributed by atoms with Gasteiger partial charge in [-0.3, -0.25) is 0 Å². The molecule has 0 heterocycles. The van der Waals surface area contributed by atoms with E-state index in [0.717, 1.165) is 5.69 Å². The summed E-state index contributed by atoms with van der Waals surface area (Å²) in [4.78, 5) is 0. The Balaban J connectivity index is 1.46. The van der Waals surface area contributed by atoms with E-state index in [1.54, 1.807) is 0 Å². The van der Waals surface area contributed by atoms with Gasteiger partial charge in [0.25, 0.3) is 0 Å². The van der Waals surface area contributed by atoms with Gasteiger partial charge in [-0.05, 0) is 66.1 Å². The molecule has 0 radical (unpaired) electrons. The standard InChI is InChI=1S/C23H26N2/c1-16(22-8-4-6-18-5-2-3-7-23(18)22)25-21-14-11-19(15-21)17-9-12-20(24)13-10-17/h2-10,12-13,16,19,21,25H,11,14-15,24H2,1H3/t16-,19-,21?/m1/s1. The van der Waals surface area contributed by atoms with Gasteiger partial charge >= 0.3 is 0 Å². The summed E-state index contributed by atoms with van der Waals surface area (Å²) in [6.45, 7) is 2.29. The molecule has 4 rings (SSSR count). The molecule has 1 unspecified atom stereocenters. The van der Waals surface area contributed by atoms with Gasteiger partial charge < -0.3 is 11.1 Å². The SMILES string of the molecule is C[C@@H](NC1CC[C@@H](c2ccc(N)cc2)C1)c1cccc2ccccc12. The molecule has 2 nitrogen and oxygen atoms in total. The number of benzene rings is 3. The highest BCUT2D eigenvalue weighted by molar-refractivity contribution is 5.86. The maximum absolute atomic E-state index is 5.82. The van der Waals surface area contributed by atoms with E-state index in [9.17, 15) is 0 Å². The van der Waals surface area contributed by atoms with E-state index in [1.807, 2.05) is 12.1 Å². The van der Waals surface area contributed by atoms with E-state index in [4.69, 9.17) is 5.73 Å². The van der Waals surface area contributed by atoms with Crippen LogP contribution in [0.3, 0.4) is 0 Å². The lowest BCUT2D eigenvalue weighted by Crippen LogP contribution is -2.29. The highest BCUT2D eigenvalue weighted by atomic mass is 14.9. The normalized spacial score (nSPS) is 21.5. The number of hydrogen-bond donors (Lipinski definition) is 2. The van der Waals surface area contributed by atoms with Crippen LogP contribution in [0.2, 0.25) is 0 Å². The Bertz CT molecular complexity index is 848. The predicted octanol–water partition coefficient (Wildman–Crippen LogP) is 5.41. The molecule has 3 aromatic carbocycles. The molecule has 0 saturated heterocycles. The first-order chi connectivity index (χ1) is 12.2. The Kier molecular flexibility index (Phi) is 4.46. The summed E-state index contributed by atoms with van der Waals surface area (Å²) in [5.74, 6) is 0.651. The first kappa shape index (κ1) is 16.2. The second kappa shape index (κ2) is 6.89. The van der Waals surface area contributed by atoms with Crippen molar-refractivity contribution >= 4 is 16.5 Å². The van der Waals surface area contributed by atoms with Crippen molar-refractivity contribution in [1.82, 2.24) is 5.32 Å². The van der Waals surface area contributed by atoms with Crippen molar-refractivity contribution in [2.45, 2.75) is 44.2 Å². The van der Waals surface area contributed by atoms with Crippen LogP contribution in [0.4, 0.5) is 5.69 Å². The van der Waals surface area contributed by atoms with Crippen molar-refractivity contribution in [3.8, 4) is 0 Å². The van der Waals surface area contributed by atoms with Gasteiger partial charge in [0.05, 0.1) is 0 Å². The molecular weight excluding hydrogens is 304 g/mol. The molecule has 0 spiro atoms. The summed E-state index contributed by atoms with van der Waals surface area (Å²) in [6, 6.07) is 24.7. The molecule has 3 atom stereocenters. The molecule has 1 fully saturated rings. The molecule has 0 bridgehead atoms. The van der Waals surface area contributed by atoms with Crippen LogP contribution in [-0.4, -0.2) is 6.04 Å². The molecule has 128 valence electrons. The van der Waals surface area contributed by atoms with Gasteiger partial charge in [-0.1, -0.05) is 54.6 Å². The third kappa shape index (κ3) is 3.40. The largest absolute Gasteiger partial charge is 0.399 e. The zero-order chi connectivity index (χ0) is 17.2. The zero-order valence-electron chi connectivity index (χ0n) is 14.8. The van der Waals surface area contributed by atoms with E-state index in [-0.39, 0.29) is 0 Å². The predicted molar refractivity (Wildman–Crippen MR) is 107 cm³/mol. The highest BCUT2D eigenvalue weighted by Gasteiger charge is 2.27. The Hall–Kier alpha value is -2.32. The monoisotopic (exact) mass is 330 g/mol. The van der Waals surface area contributed by atoms with Crippen LogP contribution in [0, 0.1) is 0 Å². The van der Waals surface area contributed by atoms with Gasteiger partial charge in [0, 0.05) is 17.8 Å². The number of hydrogen-bond acceptors (Lipinski definition) is 2. The molecule has 3 aromatic rings. The fraction of sp³-hybridized carbons (Fsp3) is 0.304. The minimum absolute atomic E-state index is 0.362. The molecule has 1 saturated carbocycles. The summed E-state index contributed by atoms with van der Waals surface area (Å²) in [5, 5.41) is 6.55. The van der Waals surface area contributed by atoms with E-state index >= 15 is 0 Å². The minimum atomic E-state index is 0.362. The van der Waals surface area contributed by atoms with Gasteiger partial charge in [0.1, 0.15) is 0 Å². The van der Waals surface area contributed by atoms with Crippen LogP contribution in [0.1, 0.15) is 49.3 Å². The Morgan fingerprint density at radius 2 is 1.68 bits per heavy atom. The number of nitrogens with one attached hydrogen (secondary N) is 1. The summed E-state index contributed by atoms with van der Waals surface area (Å²) in [7, 11) is 0. The number of fused-ring (bicyclic) bond motifs is 1. The molecule has 0 amide bonds. The Morgan fingerprint density at radius 3 is 2.52 bits per heavy atom. The van der Waals surface area contributed by atoms with Crippen molar-refractivity contribution in [1.29, 1.82) is 0 Å². The number of rotatable bonds is 4. The van der Waals surface area contributed by atoms with Crippen molar-refractivity contribution in [3.63, 3.8) is 0 Å². The number of nitrogens with two attached hydrogens (primary N) is 1. The lowest BCUT2D eigenvalue weighted by atomic mass is 9.96. The first-order valence-electron chi connectivity index (χ1n) is 9.30. The molecular formula is C23H26N2. The van der Waals surface area contributed by atoms with Crippen molar-refractivity contribution in [2.24, 2.45) is 0 Å². The van der Waals surface area contributed by atoms with Gasteiger partial charge in [-0.2, -0.15) is 0 Å². The summed E-state index contributed by atoms with van der Waals surface area (Å²) < 4.78 is 0. The van der Waals surface area contributed by atoms with Crippen LogP contribution in [-0.2, 0) is 0 Å². The van der Waals surface area contributed by atoms with Gasteiger partial charge in [0.15, 0.2) is 0 Å². The average Bonchev–Trinajstić information content (AvgIpc) is 3.10. The second-order valence-corrected chi connectivity index (χ2v) is 7.33. The van der Waals surface area contributed by atoms with E-state index in [1.165, 1.54) is 41.2 Å². The van der Waals surface area contributed by atoms with Crippen molar-refractivity contribution in [2.75, 3.05) is 5.73 Å². The number of nitrogen functional groups attached to an aromatic ring is 1. The lowest BCUT2D eigenvalue weighted by molar-refractivity contribution is 0.459. The van der Waals surface area contributed by atoms with Crippen molar-refractivity contribution < 1.29 is 0 Å². The first-order valence-corrected chi connectivity index (χ1v) is 9.30. The van der Waals surface area contributed by atoms with Crippen LogP contribution in [0.25, 0.3) is 10.8 Å². The summed E-state index contributed by atoms with van der Waals surface area (Å²) in [5.41, 5.74) is 9.49. The third-order valence-corrected chi connectivity index (χ3v) is 5.62. The second-order valence-electron chi connectivity index (χ2n) is 7.33. The van der Waals surface area contributed by atoms with Crippen LogP contribution in [0.5, 0.6) is 0 Å². The van der Waals surface area contributed by atoms with Gasteiger partial charge in [-0.25, -0.2) is 0 Å². The third-order valence-electron chi connectivity index (χ3n) is 5.62. The zero-order valence-corrected chi connectivity index (χ0v) is 14.8. The molecule has 1 aliphatic carbocycles. The minimum Gasteiger partial charge on any atom is -0.399 e. The molecule has 0 aliphatic heterocycles. The fourth-order valence-corrected chi connectivity index (χ4v) is 4.28. The molecule has 2 heteroatoms. The fourth-order valence-electron chi connectivity index (χ4n) is 4.28. The lowest BCUT2D eigenvalue weighted by Gasteiger charge is -2.21. The average molecular weight is 330 g/mol. The quantitative estimate of drug-likeness (QED) is 0.628. The van der Waals surface area contributed by atoms with Crippen LogP contribution >= 0.6 is 0 Å². The van der Waals surface area contributed by atoms with Crippen LogP contribution < -0.4 is 11.1 Å². The summed E-state index contributed by atoms with van der Waals surface area (Å²) in [6.07, 6.45) is 3.70. The smallest absolute Gasteiger partial charge is 0.0314 e. The topological polar surface area (TPSA) is 38.0 Å². The van der Waals surface area contributed by atoms with Gasteiger partial charge in [-0.15, -0.1) is 0 Å². The maximum atomic E-state index is 5.82. The van der Waals surface area contributed by atoms with Gasteiger partial charge in [0.2, 0.25) is 0 Å². The van der Waals surface area contributed by atoms with Crippen molar-refractivity contribution in [3.05, 3.63) is 77.9 Å². The van der Waals surface area contributed by atoms with E-state index in [0.29, 0.717) is 18.0 Å². The maximum Gasteiger partial charge on any atom is 0.0314 e. The number of anilines is 1. The molecule has 25 heavy (non-hydrogen) atoms. The molecule has 0 aromatic heterocycles. The Morgan fingerprint density at radius 1 is 0.920 bits per heavy atom. The van der Waals surface area contributed by atoms with E-state index in [2.05, 4.69) is 66.8 Å². The van der Waals surface area contributed by atoms with Crippen LogP contribution in [0.15, 0.2) is 66.7 Å². The molecule has 3 N–H and O–H groups in total. The molecule has 1 aliphatic rings. The highest BCUT2D eigenvalue weighted by Crippen LogP contribution is 2.36. The van der Waals surface area contributed by atoms with E-state index < -0.39 is 0 Å². The Labute approximate surface area is 150 Å². The summed E-state index contributed by atoms with van der Waals surface area (Å²) >= 11 is 0.